The third-order valence-corrected chi connectivity index (χ3v) is 3.87. The Balaban J connectivity index is 2.18. The average molecular weight is 286 g/mol. The van der Waals surface area contributed by atoms with Crippen LogP contribution in [0.2, 0.25) is 0 Å². The minimum absolute atomic E-state index is 0.396. The maximum atomic E-state index is 5.50. The van der Waals surface area contributed by atoms with Crippen molar-refractivity contribution in [2.75, 3.05) is 20.2 Å². The molecule has 21 heavy (non-hydrogen) atoms. The molecule has 3 heteroatoms. The van der Waals surface area contributed by atoms with Crippen LogP contribution in [0.4, 0.5) is 0 Å². The van der Waals surface area contributed by atoms with E-state index in [2.05, 4.69) is 29.7 Å². The second-order valence-electron chi connectivity index (χ2n) is 5.58. The molecular weight excluding hydrogens is 260 g/mol. The monoisotopic (exact) mass is 286 g/mol. The summed E-state index contributed by atoms with van der Waals surface area (Å²) in [4.78, 5) is 2.59. The van der Waals surface area contributed by atoms with Gasteiger partial charge < -0.3 is 10.5 Å². The highest BCUT2D eigenvalue weighted by Crippen LogP contribution is 2.30. The van der Waals surface area contributed by atoms with Gasteiger partial charge in [-0.15, -0.1) is 0 Å². The van der Waals surface area contributed by atoms with Crippen LogP contribution in [0.15, 0.2) is 18.2 Å². The zero-order chi connectivity index (χ0) is 15.1. The van der Waals surface area contributed by atoms with Crippen molar-refractivity contribution in [2.24, 2.45) is 5.73 Å². The smallest absolute Gasteiger partial charge is 0.119 e. The van der Waals surface area contributed by atoms with Gasteiger partial charge in [0.05, 0.1) is 13.7 Å². The number of nitrogens with two attached hydrogens (primary N) is 1. The van der Waals surface area contributed by atoms with Crippen molar-refractivity contribution in [1.82, 2.24) is 4.90 Å². The molecule has 1 aliphatic rings. The number of ether oxygens (including phenoxy) is 1. The SMILES string of the molecule is CCCCN(Cc1cc(OC)ccc1C#CCN)C1CC1. The molecule has 0 atom stereocenters. The van der Waals surface area contributed by atoms with Gasteiger partial charge in [-0.1, -0.05) is 25.2 Å². The largest absolute Gasteiger partial charge is 0.497 e. The molecule has 0 unspecified atom stereocenters. The summed E-state index contributed by atoms with van der Waals surface area (Å²) < 4.78 is 5.36. The molecule has 0 saturated heterocycles. The fourth-order valence-corrected chi connectivity index (χ4v) is 2.51. The molecule has 3 nitrogen and oxygen atoms in total. The van der Waals surface area contributed by atoms with Gasteiger partial charge >= 0.3 is 0 Å². The lowest BCUT2D eigenvalue weighted by Gasteiger charge is -2.22. The van der Waals surface area contributed by atoms with Gasteiger partial charge in [-0.2, -0.15) is 0 Å². The van der Waals surface area contributed by atoms with Crippen LogP contribution in [0.1, 0.15) is 43.7 Å². The highest BCUT2D eigenvalue weighted by atomic mass is 16.5. The van der Waals surface area contributed by atoms with E-state index in [0.29, 0.717) is 6.54 Å². The zero-order valence-corrected chi connectivity index (χ0v) is 13.2. The molecule has 1 fully saturated rings. The molecule has 1 saturated carbocycles. The molecule has 1 aliphatic carbocycles. The molecule has 114 valence electrons. The van der Waals surface area contributed by atoms with Crippen molar-refractivity contribution >= 4 is 0 Å². The molecule has 0 aromatic heterocycles. The predicted molar refractivity (Wildman–Crippen MR) is 87.3 cm³/mol. The van der Waals surface area contributed by atoms with E-state index in [1.54, 1.807) is 7.11 Å². The number of hydrogen-bond acceptors (Lipinski definition) is 3. The van der Waals surface area contributed by atoms with Crippen LogP contribution in [-0.2, 0) is 6.54 Å². The second kappa shape index (κ2) is 8.07. The maximum Gasteiger partial charge on any atom is 0.119 e. The molecular formula is C18H26N2O. The van der Waals surface area contributed by atoms with Gasteiger partial charge in [-0.25, -0.2) is 0 Å². The van der Waals surface area contributed by atoms with Crippen molar-refractivity contribution in [1.29, 1.82) is 0 Å². The zero-order valence-electron chi connectivity index (χ0n) is 13.2. The van der Waals surface area contributed by atoms with Gasteiger partial charge in [0.25, 0.3) is 0 Å². The topological polar surface area (TPSA) is 38.5 Å². The summed E-state index contributed by atoms with van der Waals surface area (Å²) in [5, 5.41) is 0. The third kappa shape index (κ3) is 4.77. The minimum atomic E-state index is 0.396. The number of nitrogens with zero attached hydrogens (tertiary/aromatic N) is 1. The predicted octanol–water partition coefficient (Wildman–Crippen LogP) is 2.77. The minimum Gasteiger partial charge on any atom is -0.497 e. The standard InChI is InChI=1S/C18H26N2O/c1-3-4-12-20(17-8-9-17)14-16-13-18(21-2)10-7-15(16)6-5-11-19/h7,10,13,17H,3-4,8-9,11-12,14,19H2,1-2H3. The van der Waals surface area contributed by atoms with Crippen molar-refractivity contribution in [3.8, 4) is 17.6 Å². The van der Waals surface area contributed by atoms with E-state index in [0.717, 1.165) is 23.9 Å². The first-order chi connectivity index (χ1) is 10.3. The molecule has 0 spiro atoms. The van der Waals surface area contributed by atoms with Crippen LogP contribution in [0, 0.1) is 11.8 Å². The molecule has 0 amide bonds. The highest BCUT2D eigenvalue weighted by molar-refractivity contribution is 5.45. The fourth-order valence-electron chi connectivity index (χ4n) is 2.51. The van der Waals surface area contributed by atoms with Crippen LogP contribution in [0.3, 0.4) is 0 Å². The summed E-state index contributed by atoms with van der Waals surface area (Å²) in [5.41, 5.74) is 7.82. The van der Waals surface area contributed by atoms with Crippen LogP contribution in [-0.4, -0.2) is 31.1 Å². The maximum absolute atomic E-state index is 5.50. The summed E-state index contributed by atoms with van der Waals surface area (Å²) in [6, 6.07) is 6.89. The highest BCUT2D eigenvalue weighted by Gasteiger charge is 2.28. The van der Waals surface area contributed by atoms with Crippen LogP contribution in [0.5, 0.6) is 5.75 Å². The van der Waals surface area contributed by atoms with Crippen LogP contribution >= 0.6 is 0 Å². The first kappa shape index (κ1) is 15.9. The molecule has 0 bridgehead atoms. The van der Waals surface area contributed by atoms with E-state index >= 15 is 0 Å². The Morgan fingerprint density at radius 3 is 2.81 bits per heavy atom. The summed E-state index contributed by atoms with van der Waals surface area (Å²) in [7, 11) is 1.71. The molecule has 0 heterocycles. The van der Waals surface area contributed by atoms with E-state index in [4.69, 9.17) is 10.5 Å². The number of unbranched alkanes of at least 4 members (excludes halogenated alkanes) is 1. The van der Waals surface area contributed by atoms with Crippen molar-refractivity contribution in [3.63, 3.8) is 0 Å². The lowest BCUT2D eigenvalue weighted by molar-refractivity contribution is 0.250. The Bertz CT molecular complexity index is 512. The van der Waals surface area contributed by atoms with E-state index in [-0.39, 0.29) is 0 Å². The van der Waals surface area contributed by atoms with E-state index in [9.17, 15) is 0 Å². The summed E-state index contributed by atoms with van der Waals surface area (Å²) >= 11 is 0. The lowest BCUT2D eigenvalue weighted by Crippen LogP contribution is -2.27. The third-order valence-electron chi connectivity index (χ3n) is 3.87. The van der Waals surface area contributed by atoms with Crippen molar-refractivity contribution in [2.45, 2.75) is 45.2 Å². The van der Waals surface area contributed by atoms with Gasteiger partial charge in [0.2, 0.25) is 0 Å². The first-order valence-corrected chi connectivity index (χ1v) is 7.88. The number of hydrogen-bond donors (Lipinski definition) is 1. The molecule has 0 aliphatic heterocycles. The Hall–Kier alpha value is -1.50. The molecule has 2 rings (SSSR count). The Labute approximate surface area is 128 Å². The second-order valence-corrected chi connectivity index (χ2v) is 5.58. The lowest BCUT2D eigenvalue weighted by atomic mass is 10.1. The van der Waals surface area contributed by atoms with Gasteiger partial charge in [0.15, 0.2) is 0 Å². The fraction of sp³-hybridized carbons (Fsp3) is 0.556. The number of rotatable bonds is 7. The van der Waals surface area contributed by atoms with Crippen molar-refractivity contribution in [3.05, 3.63) is 29.3 Å². The summed E-state index contributed by atoms with van der Waals surface area (Å²) in [6.07, 6.45) is 5.15. The van der Waals surface area contributed by atoms with Gasteiger partial charge in [-0.05, 0) is 49.6 Å². The van der Waals surface area contributed by atoms with Crippen LogP contribution in [0.25, 0.3) is 0 Å². The molecule has 1 aromatic rings. The number of benzene rings is 1. The number of methoxy groups -OCH3 is 1. The first-order valence-electron chi connectivity index (χ1n) is 7.88. The van der Waals surface area contributed by atoms with Gasteiger partial charge in [-0.3, -0.25) is 4.90 Å². The van der Waals surface area contributed by atoms with Crippen molar-refractivity contribution < 1.29 is 4.74 Å². The Morgan fingerprint density at radius 2 is 2.19 bits per heavy atom. The molecule has 1 aromatic carbocycles. The van der Waals surface area contributed by atoms with E-state index in [1.165, 1.54) is 37.8 Å². The van der Waals surface area contributed by atoms with E-state index in [1.807, 2.05) is 12.1 Å². The van der Waals surface area contributed by atoms with Crippen LogP contribution < -0.4 is 10.5 Å². The Morgan fingerprint density at radius 1 is 1.38 bits per heavy atom. The average Bonchev–Trinajstić information content (AvgIpc) is 3.34. The molecule has 0 radical (unpaired) electrons. The summed E-state index contributed by atoms with van der Waals surface area (Å²) in [5.74, 6) is 7.05. The van der Waals surface area contributed by atoms with Gasteiger partial charge in [0.1, 0.15) is 5.75 Å². The van der Waals surface area contributed by atoms with E-state index < -0.39 is 0 Å². The molecule has 2 N–H and O–H groups in total. The Kier molecular flexibility index (Phi) is 6.10. The quantitative estimate of drug-likeness (QED) is 0.783. The van der Waals surface area contributed by atoms with Gasteiger partial charge in [0, 0.05) is 18.2 Å². The normalized spacial score (nSPS) is 13.9. The summed E-state index contributed by atoms with van der Waals surface area (Å²) in [6.45, 7) is 4.76.